The summed E-state index contributed by atoms with van der Waals surface area (Å²) in [6, 6.07) is 5.22. The Labute approximate surface area is 118 Å². The lowest BCUT2D eigenvalue weighted by atomic mass is 9.97. The molecule has 2 aromatic rings. The number of likely N-dealkylation sites (tertiary alicyclic amines) is 1. The number of β-amino-alcohol motifs (C(OH)–C–C–N with tert-alkyl or cyclic N) is 1. The zero-order valence-corrected chi connectivity index (χ0v) is 12.1. The van der Waals surface area contributed by atoms with Crippen molar-refractivity contribution in [1.82, 2.24) is 14.3 Å². The average Bonchev–Trinajstić information content (AvgIpc) is 2.28. The first kappa shape index (κ1) is 12.8. The van der Waals surface area contributed by atoms with E-state index >= 15 is 0 Å². The van der Waals surface area contributed by atoms with Gasteiger partial charge in [-0.1, -0.05) is 0 Å². The monoisotopic (exact) mass is 323 g/mol. The molecule has 0 bridgehead atoms. The van der Waals surface area contributed by atoms with Gasteiger partial charge < -0.3 is 5.11 Å². The normalized spacial score (nSPS) is 18.5. The number of nitrogens with zero attached hydrogens (tertiary/aromatic N) is 3. The van der Waals surface area contributed by atoms with E-state index < -0.39 is 5.60 Å². The quantitative estimate of drug-likeness (QED) is 0.896. The summed E-state index contributed by atoms with van der Waals surface area (Å²) in [5.41, 5.74) is 0.686. The van der Waals surface area contributed by atoms with Crippen molar-refractivity contribution in [1.29, 1.82) is 0 Å². The van der Waals surface area contributed by atoms with Crippen molar-refractivity contribution >= 4 is 21.6 Å². The highest BCUT2D eigenvalue weighted by atomic mass is 79.9. The Morgan fingerprint density at radius 3 is 2.89 bits per heavy atom. The molecule has 0 unspecified atom stereocenters. The van der Waals surface area contributed by atoms with Crippen LogP contribution in [0.15, 0.2) is 33.7 Å². The Hall–Kier alpha value is -1.24. The Balaban J connectivity index is 1.90. The van der Waals surface area contributed by atoms with Gasteiger partial charge in [0.2, 0.25) is 0 Å². The molecule has 1 saturated heterocycles. The second kappa shape index (κ2) is 4.40. The zero-order chi connectivity index (χ0) is 13.6. The van der Waals surface area contributed by atoms with E-state index in [4.69, 9.17) is 0 Å². The third-order valence-corrected chi connectivity index (χ3v) is 3.66. The van der Waals surface area contributed by atoms with Crippen molar-refractivity contribution in [3.8, 4) is 0 Å². The highest BCUT2D eigenvalue weighted by Crippen LogP contribution is 2.21. The second-order valence-corrected chi connectivity index (χ2v) is 6.22. The Bertz CT molecular complexity index is 688. The van der Waals surface area contributed by atoms with Crippen LogP contribution in [-0.4, -0.2) is 38.1 Å². The van der Waals surface area contributed by atoms with E-state index in [-0.39, 0.29) is 5.56 Å². The van der Waals surface area contributed by atoms with Crippen LogP contribution in [0.25, 0.3) is 5.65 Å². The minimum absolute atomic E-state index is 0.0893. The van der Waals surface area contributed by atoms with Crippen molar-refractivity contribution in [2.24, 2.45) is 0 Å². The van der Waals surface area contributed by atoms with Crippen LogP contribution in [0.1, 0.15) is 12.6 Å². The Morgan fingerprint density at radius 2 is 2.21 bits per heavy atom. The van der Waals surface area contributed by atoms with Crippen LogP contribution in [0.3, 0.4) is 0 Å². The van der Waals surface area contributed by atoms with E-state index in [1.54, 1.807) is 18.3 Å². The Kier molecular flexibility index (Phi) is 2.96. The highest BCUT2D eigenvalue weighted by molar-refractivity contribution is 9.10. The van der Waals surface area contributed by atoms with Crippen LogP contribution in [-0.2, 0) is 6.54 Å². The first-order valence-electron chi connectivity index (χ1n) is 6.06. The topological polar surface area (TPSA) is 57.8 Å². The molecule has 5 nitrogen and oxygen atoms in total. The average molecular weight is 324 g/mol. The van der Waals surface area contributed by atoms with Gasteiger partial charge in [-0.2, -0.15) is 0 Å². The van der Waals surface area contributed by atoms with Crippen LogP contribution in [0, 0.1) is 0 Å². The molecule has 1 N–H and O–H groups in total. The molecule has 1 fully saturated rings. The molecule has 1 aliphatic heterocycles. The smallest absolute Gasteiger partial charge is 0.258 e. The van der Waals surface area contributed by atoms with Crippen molar-refractivity contribution in [3.63, 3.8) is 0 Å². The molecule has 0 amide bonds. The molecular formula is C13H14BrN3O2. The summed E-state index contributed by atoms with van der Waals surface area (Å²) in [5, 5.41) is 9.69. The maximum absolute atomic E-state index is 12.0. The van der Waals surface area contributed by atoms with E-state index in [9.17, 15) is 9.90 Å². The predicted octanol–water partition coefficient (Wildman–Crippen LogP) is 1.02. The van der Waals surface area contributed by atoms with E-state index in [1.165, 1.54) is 4.40 Å². The molecule has 100 valence electrons. The molecule has 3 heterocycles. The lowest BCUT2D eigenvalue weighted by molar-refractivity contribution is -0.0875. The largest absolute Gasteiger partial charge is 0.388 e. The minimum atomic E-state index is -0.600. The van der Waals surface area contributed by atoms with Gasteiger partial charge in [-0.05, 0) is 35.0 Å². The van der Waals surface area contributed by atoms with E-state index in [1.807, 2.05) is 13.0 Å². The number of pyridine rings is 1. The molecule has 2 aromatic heterocycles. The van der Waals surface area contributed by atoms with Gasteiger partial charge in [0, 0.05) is 36.4 Å². The number of aromatic nitrogens is 2. The molecule has 6 heteroatoms. The van der Waals surface area contributed by atoms with Crippen molar-refractivity contribution in [2.75, 3.05) is 13.1 Å². The molecule has 3 rings (SSSR count). The van der Waals surface area contributed by atoms with E-state index in [0.717, 1.165) is 10.2 Å². The first-order chi connectivity index (χ1) is 8.93. The zero-order valence-electron chi connectivity index (χ0n) is 10.5. The molecule has 0 saturated carbocycles. The molecular weight excluding hydrogens is 310 g/mol. The lowest BCUT2D eigenvalue weighted by Crippen LogP contribution is -2.59. The van der Waals surface area contributed by atoms with Gasteiger partial charge in [0.1, 0.15) is 5.65 Å². The molecule has 0 aliphatic carbocycles. The number of halogens is 1. The number of fused-ring (bicyclic) bond motifs is 1. The fourth-order valence-corrected chi connectivity index (χ4v) is 2.80. The summed E-state index contributed by atoms with van der Waals surface area (Å²) in [6.07, 6.45) is 1.71. The molecule has 19 heavy (non-hydrogen) atoms. The third-order valence-electron chi connectivity index (χ3n) is 3.19. The fourth-order valence-electron chi connectivity index (χ4n) is 2.47. The van der Waals surface area contributed by atoms with E-state index in [2.05, 4.69) is 25.8 Å². The lowest BCUT2D eigenvalue weighted by Gasteiger charge is -2.44. The standard InChI is InChI=1S/C13H14BrN3O2/c1-13(19)7-16(8-13)6-10-4-12(18)17-5-9(14)2-3-11(17)15-10/h2-5,19H,6-8H2,1H3. The van der Waals surface area contributed by atoms with Crippen LogP contribution in [0.2, 0.25) is 0 Å². The van der Waals surface area contributed by atoms with Gasteiger partial charge in [0.05, 0.1) is 11.3 Å². The number of hydrogen-bond acceptors (Lipinski definition) is 4. The van der Waals surface area contributed by atoms with Gasteiger partial charge in [-0.3, -0.25) is 14.1 Å². The highest BCUT2D eigenvalue weighted by Gasteiger charge is 2.36. The molecule has 0 spiro atoms. The van der Waals surface area contributed by atoms with Gasteiger partial charge >= 0.3 is 0 Å². The second-order valence-electron chi connectivity index (χ2n) is 5.30. The summed E-state index contributed by atoms with van der Waals surface area (Å²) in [7, 11) is 0. The summed E-state index contributed by atoms with van der Waals surface area (Å²) in [4.78, 5) is 18.5. The first-order valence-corrected chi connectivity index (χ1v) is 6.85. The summed E-state index contributed by atoms with van der Waals surface area (Å²) in [5.74, 6) is 0. The fraction of sp³-hybridized carbons (Fsp3) is 0.385. The van der Waals surface area contributed by atoms with Gasteiger partial charge in [-0.15, -0.1) is 0 Å². The predicted molar refractivity (Wildman–Crippen MR) is 75.1 cm³/mol. The van der Waals surface area contributed by atoms with Crippen LogP contribution >= 0.6 is 15.9 Å². The van der Waals surface area contributed by atoms with Crippen LogP contribution in [0.5, 0.6) is 0 Å². The number of rotatable bonds is 2. The maximum Gasteiger partial charge on any atom is 0.258 e. The summed E-state index contributed by atoms with van der Waals surface area (Å²) in [6.45, 7) is 3.64. The van der Waals surface area contributed by atoms with Crippen LogP contribution < -0.4 is 5.56 Å². The maximum atomic E-state index is 12.0. The summed E-state index contributed by atoms with van der Waals surface area (Å²) >= 11 is 3.33. The van der Waals surface area contributed by atoms with Crippen molar-refractivity contribution in [3.05, 3.63) is 44.9 Å². The molecule has 0 radical (unpaired) electrons. The number of aliphatic hydroxyl groups is 1. The number of hydrogen-bond donors (Lipinski definition) is 1. The third kappa shape index (κ3) is 2.56. The van der Waals surface area contributed by atoms with Gasteiger partial charge in [-0.25, -0.2) is 4.98 Å². The van der Waals surface area contributed by atoms with Gasteiger partial charge in [0.15, 0.2) is 0 Å². The van der Waals surface area contributed by atoms with Crippen molar-refractivity contribution < 1.29 is 5.11 Å². The molecule has 0 aromatic carbocycles. The summed E-state index contributed by atoms with van der Waals surface area (Å²) < 4.78 is 2.36. The molecule has 1 aliphatic rings. The van der Waals surface area contributed by atoms with Gasteiger partial charge in [0.25, 0.3) is 5.56 Å². The van der Waals surface area contributed by atoms with Crippen LogP contribution in [0.4, 0.5) is 0 Å². The Morgan fingerprint density at radius 1 is 1.47 bits per heavy atom. The minimum Gasteiger partial charge on any atom is -0.388 e. The SMILES string of the molecule is CC1(O)CN(Cc2cc(=O)n3cc(Br)ccc3n2)C1. The van der Waals surface area contributed by atoms with E-state index in [0.29, 0.717) is 25.3 Å². The van der Waals surface area contributed by atoms with Crippen molar-refractivity contribution in [2.45, 2.75) is 19.1 Å². The molecule has 0 atom stereocenters.